The van der Waals surface area contributed by atoms with E-state index < -0.39 is 11.9 Å². The molecule has 28 heavy (non-hydrogen) atoms. The molecule has 0 saturated heterocycles. The lowest BCUT2D eigenvalue weighted by molar-refractivity contribution is 0.0934. The number of nitrogens with one attached hydrogen (secondary N) is 2. The summed E-state index contributed by atoms with van der Waals surface area (Å²) in [7, 11) is 1.40. The third kappa shape index (κ3) is 3.36. The predicted molar refractivity (Wildman–Crippen MR) is 99.0 cm³/mol. The Morgan fingerprint density at radius 2 is 2.04 bits per heavy atom. The number of ether oxygens (including phenoxy) is 3. The van der Waals surface area contributed by atoms with Crippen molar-refractivity contribution in [3.63, 3.8) is 0 Å². The van der Waals surface area contributed by atoms with Gasteiger partial charge in [0.1, 0.15) is 5.69 Å². The number of hydrogen-bond donors (Lipinski definition) is 2. The van der Waals surface area contributed by atoms with Crippen LogP contribution >= 0.6 is 0 Å². The second kappa shape index (κ2) is 7.22. The first-order valence-corrected chi connectivity index (χ1v) is 8.65. The van der Waals surface area contributed by atoms with E-state index in [0.29, 0.717) is 28.5 Å². The van der Waals surface area contributed by atoms with Crippen molar-refractivity contribution in [1.29, 1.82) is 0 Å². The van der Waals surface area contributed by atoms with Crippen LogP contribution in [0.4, 0.5) is 4.39 Å². The normalized spacial score (nSPS) is 13.2. The monoisotopic (exact) mass is 383 g/mol. The standard InChI is InChI=1S/C20H18FN3O4/c1-11(12-3-5-17(26-2)14(21)7-12)22-20(25)16-9-15(23-24-16)13-4-6-18-19(8-13)28-10-27-18/h3-9,11H,10H2,1-2H3,(H,22,25)(H,23,24)/t11-/m1/s1. The number of benzene rings is 2. The van der Waals surface area contributed by atoms with Crippen LogP contribution in [-0.2, 0) is 0 Å². The molecule has 8 heteroatoms. The molecule has 0 saturated carbocycles. The van der Waals surface area contributed by atoms with Gasteiger partial charge in [-0.05, 0) is 48.9 Å². The van der Waals surface area contributed by atoms with E-state index in [9.17, 15) is 9.18 Å². The summed E-state index contributed by atoms with van der Waals surface area (Å²) in [6.07, 6.45) is 0. The van der Waals surface area contributed by atoms with Crippen molar-refractivity contribution in [1.82, 2.24) is 15.5 Å². The Kier molecular flexibility index (Phi) is 4.60. The zero-order valence-electron chi connectivity index (χ0n) is 15.3. The maximum Gasteiger partial charge on any atom is 0.269 e. The molecule has 0 bridgehead atoms. The number of amides is 1. The first-order chi connectivity index (χ1) is 13.5. The molecule has 1 amide bonds. The SMILES string of the molecule is COc1ccc([C@@H](C)NC(=O)c2cc(-c3ccc4c(c3)OCO4)n[nH]2)cc1F. The highest BCUT2D eigenvalue weighted by Crippen LogP contribution is 2.35. The van der Waals surface area contributed by atoms with Gasteiger partial charge in [-0.2, -0.15) is 5.10 Å². The molecule has 0 spiro atoms. The molecule has 1 atom stereocenters. The highest BCUT2D eigenvalue weighted by molar-refractivity contribution is 5.93. The van der Waals surface area contributed by atoms with Gasteiger partial charge in [0.2, 0.25) is 6.79 Å². The maximum absolute atomic E-state index is 13.9. The van der Waals surface area contributed by atoms with Crippen LogP contribution in [-0.4, -0.2) is 30.0 Å². The van der Waals surface area contributed by atoms with E-state index in [1.54, 1.807) is 25.1 Å². The van der Waals surface area contributed by atoms with Crippen molar-refractivity contribution in [2.24, 2.45) is 0 Å². The third-order valence-corrected chi connectivity index (χ3v) is 4.51. The number of carbonyl (C=O) groups is 1. The predicted octanol–water partition coefficient (Wildman–Crippen LogP) is 3.44. The molecule has 1 aromatic heterocycles. The number of aromatic amines is 1. The second-order valence-electron chi connectivity index (χ2n) is 6.32. The van der Waals surface area contributed by atoms with Crippen molar-refractivity contribution >= 4 is 5.91 Å². The average Bonchev–Trinajstić information content (AvgIpc) is 3.36. The third-order valence-electron chi connectivity index (χ3n) is 4.51. The maximum atomic E-state index is 13.9. The number of rotatable bonds is 5. The van der Waals surface area contributed by atoms with Crippen LogP contribution in [0.25, 0.3) is 11.3 Å². The van der Waals surface area contributed by atoms with Crippen LogP contribution in [0.3, 0.4) is 0 Å². The number of aromatic nitrogens is 2. The lowest BCUT2D eigenvalue weighted by Crippen LogP contribution is -2.27. The topological polar surface area (TPSA) is 85.5 Å². The van der Waals surface area contributed by atoms with E-state index in [2.05, 4.69) is 15.5 Å². The molecule has 2 aromatic carbocycles. The summed E-state index contributed by atoms with van der Waals surface area (Å²) in [5.74, 6) is 0.652. The zero-order chi connectivity index (χ0) is 19.7. The van der Waals surface area contributed by atoms with E-state index in [-0.39, 0.29) is 18.4 Å². The number of nitrogens with zero attached hydrogens (tertiary/aromatic N) is 1. The lowest BCUT2D eigenvalue weighted by Gasteiger charge is -2.14. The molecular formula is C20H18FN3O4. The van der Waals surface area contributed by atoms with Crippen molar-refractivity contribution in [2.75, 3.05) is 13.9 Å². The van der Waals surface area contributed by atoms with Crippen molar-refractivity contribution in [3.05, 3.63) is 59.5 Å². The van der Waals surface area contributed by atoms with E-state index >= 15 is 0 Å². The highest BCUT2D eigenvalue weighted by Gasteiger charge is 2.18. The van der Waals surface area contributed by atoms with Gasteiger partial charge in [-0.15, -0.1) is 0 Å². The first kappa shape index (κ1) is 17.8. The Bertz CT molecular complexity index is 1030. The van der Waals surface area contributed by atoms with Crippen LogP contribution in [0.5, 0.6) is 17.2 Å². The molecule has 1 aliphatic rings. The van der Waals surface area contributed by atoms with Gasteiger partial charge in [0.15, 0.2) is 23.1 Å². The Hall–Kier alpha value is -3.55. The lowest BCUT2D eigenvalue weighted by atomic mass is 10.1. The van der Waals surface area contributed by atoms with Crippen LogP contribution < -0.4 is 19.5 Å². The molecule has 0 radical (unpaired) electrons. The largest absolute Gasteiger partial charge is 0.494 e. The summed E-state index contributed by atoms with van der Waals surface area (Å²) in [5.41, 5.74) is 2.33. The number of H-pyrrole nitrogens is 1. The summed E-state index contributed by atoms with van der Waals surface area (Å²) in [5, 5.41) is 9.74. The highest BCUT2D eigenvalue weighted by atomic mass is 19.1. The van der Waals surface area contributed by atoms with E-state index in [4.69, 9.17) is 14.2 Å². The Balaban J connectivity index is 1.48. The van der Waals surface area contributed by atoms with Gasteiger partial charge in [-0.25, -0.2) is 4.39 Å². The van der Waals surface area contributed by atoms with Gasteiger partial charge >= 0.3 is 0 Å². The van der Waals surface area contributed by atoms with Crippen molar-refractivity contribution < 1.29 is 23.4 Å². The average molecular weight is 383 g/mol. The quantitative estimate of drug-likeness (QED) is 0.705. The first-order valence-electron chi connectivity index (χ1n) is 8.65. The Morgan fingerprint density at radius 3 is 2.82 bits per heavy atom. The van der Waals surface area contributed by atoms with Gasteiger partial charge in [-0.1, -0.05) is 6.07 Å². The molecule has 4 rings (SSSR count). The van der Waals surface area contributed by atoms with Gasteiger partial charge in [0.05, 0.1) is 18.8 Å². The van der Waals surface area contributed by atoms with E-state index in [0.717, 1.165) is 5.56 Å². The van der Waals surface area contributed by atoms with Gasteiger partial charge in [0, 0.05) is 5.56 Å². The van der Waals surface area contributed by atoms with Gasteiger partial charge in [0.25, 0.3) is 5.91 Å². The Labute approximate surface area is 160 Å². The molecule has 2 N–H and O–H groups in total. The number of fused-ring (bicyclic) bond motifs is 1. The number of methoxy groups -OCH3 is 1. The van der Waals surface area contributed by atoms with Crippen LogP contribution in [0.15, 0.2) is 42.5 Å². The minimum absolute atomic E-state index is 0.157. The molecule has 144 valence electrons. The molecule has 7 nitrogen and oxygen atoms in total. The van der Waals surface area contributed by atoms with Crippen molar-refractivity contribution in [3.8, 4) is 28.5 Å². The fourth-order valence-corrected chi connectivity index (χ4v) is 2.95. The molecule has 0 aliphatic carbocycles. The zero-order valence-corrected chi connectivity index (χ0v) is 15.3. The minimum atomic E-state index is -0.479. The number of halogens is 1. The summed E-state index contributed by atoms with van der Waals surface area (Å²) in [6.45, 7) is 1.96. The Morgan fingerprint density at radius 1 is 1.21 bits per heavy atom. The van der Waals surface area contributed by atoms with E-state index in [1.165, 1.54) is 19.2 Å². The number of carbonyl (C=O) groups excluding carboxylic acids is 1. The fraction of sp³-hybridized carbons (Fsp3) is 0.200. The van der Waals surface area contributed by atoms with Crippen LogP contribution in [0.1, 0.15) is 29.0 Å². The molecule has 2 heterocycles. The smallest absolute Gasteiger partial charge is 0.269 e. The number of hydrogen-bond acceptors (Lipinski definition) is 5. The summed E-state index contributed by atoms with van der Waals surface area (Å²) in [6, 6.07) is 11.3. The molecule has 0 unspecified atom stereocenters. The summed E-state index contributed by atoms with van der Waals surface area (Å²) in [4.78, 5) is 12.5. The van der Waals surface area contributed by atoms with Crippen molar-refractivity contribution in [2.45, 2.75) is 13.0 Å². The van der Waals surface area contributed by atoms with Crippen LogP contribution in [0.2, 0.25) is 0 Å². The summed E-state index contributed by atoms with van der Waals surface area (Å²) >= 11 is 0. The summed E-state index contributed by atoms with van der Waals surface area (Å²) < 4.78 is 29.5. The molecule has 0 fully saturated rings. The second-order valence-corrected chi connectivity index (χ2v) is 6.32. The molecule has 3 aromatic rings. The minimum Gasteiger partial charge on any atom is -0.494 e. The van der Waals surface area contributed by atoms with E-state index in [1.807, 2.05) is 12.1 Å². The fourth-order valence-electron chi connectivity index (χ4n) is 2.95. The molecular weight excluding hydrogens is 365 g/mol. The molecule has 1 aliphatic heterocycles. The van der Waals surface area contributed by atoms with Gasteiger partial charge < -0.3 is 19.5 Å². The van der Waals surface area contributed by atoms with Crippen LogP contribution in [0, 0.1) is 5.82 Å². The van der Waals surface area contributed by atoms with Gasteiger partial charge in [-0.3, -0.25) is 9.89 Å².